The standard InChI is InChI=1S/C21H23N3O2/c1-15(2)17-8-10-19(11-9-17)23-21(26)12-13-24(16(3)25)20-7-5-4-6-18(20)14-22/h4-11,15H,12-13H2,1-3H3,(H,23,26). The number of anilines is 2. The summed E-state index contributed by atoms with van der Waals surface area (Å²) in [7, 11) is 0. The van der Waals surface area contributed by atoms with Gasteiger partial charge in [-0.3, -0.25) is 9.59 Å². The molecule has 0 heterocycles. The summed E-state index contributed by atoms with van der Waals surface area (Å²) in [5, 5.41) is 12.1. The van der Waals surface area contributed by atoms with Crippen LogP contribution >= 0.6 is 0 Å². The number of nitriles is 1. The van der Waals surface area contributed by atoms with Crippen LogP contribution in [0.2, 0.25) is 0 Å². The Morgan fingerprint density at radius 3 is 2.35 bits per heavy atom. The van der Waals surface area contributed by atoms with Gasteiger partial charge in [0.2, 0.25) is 11.8 Å². The summed E-state index contributed by atoms with van der Waals surface area (Å²) in [4.78, 5) is 25.7. The molecule has 0 aromatic heterocycles. The van der Waals surface area contributed by atoms with Crippen molar-refractivity contribution in [2.24, 2.45) is 0 Å². The molecule has 2 aromatic rings. The van der Waals surface area contributed by atoms with E-state index in [0.29, 0.717) is 17.2 Å². The second kappa shape index (κ2) is 8.82. The van der Waals surface area contributed by atoms with Crippen molar-refractivity contribution in [2.75, 3.05) is 16.8 Å². The van der Waals surface area contributed by atoms with E-state index in [-0.39, 0.29) is 24.8 Å². The lowest BCUT2D eigenvalue weighted by atomic mass is 10.0. The number of amides is 2. The van der Waals surface area contributed by atoms with Gasteiger partial charge < -0.3 is 10.2 Å². The van der Waals surface area contributed by atoms with Crippen LogP contribution < -0.4 is 10.2 Å². The maximum absolute atomic E-state index is 12.2. The molecule has 0 aliphatic carbocycles. The van der Waals surface area contributed by atoms with Crippen LogP contribution in [0.15, 0.2) is 48.5 Å². The number of nitrogens with zero attached hydrogens (tertiary/aromatic N) is 2. The van der Waals surface area contributed by atoms with Gasteiger partial charge in [0.15, 0.2) is 0 Å². The second-order valence-corrected chi connectivity index (χ2v) is 6.37. The molecule has 0 aliphatic rings. The predicted octanol–water partition coefficient (Wildman–Crippen LogP) is 4.06. The fourth-order valence-electron chi connectivity index (χ4n) is 2.64. The Balaban J connectivity index is 2.01. The first-order valence-corrected chi connectivity index (χ1v) is 8.59. The molecule has 5 nitrogen and oxygen atoms in total. The summed E-state index contributed by atoms with van der Waals surface area (Å²) in [6.45, 7) is 5.87. The largest absolute Gasteiger partial charge is 0.326 e. The first kappa shape index (κ1) is 19.2. The van der Waals surface area contributed by atoms with Crippen molar-refractivity contribution in [3.8, 4) is 6.07 Å². The molecule has 2 aromatic carbocycles. The summed E-state index contributed by atoms with van der Waals surface area (Å²) >= 11 is 0. The van der Waals surface area contributed by atoms with Crippen molar-refractivity contribution in [1.29, 1.82) is 5.26 Å². The third kappa shape index (κ3) is 4.93. The predicted molar refractivity (Wildman–Crippen MR) is 103 cm³/mol. The van der Waals surface area contributed by atoms with E-state index in [1.807, 2.05) is 24.3 Å². The maximum Gasteiger partial charge on any atom is 0.226 e. The van der Waals surface area contributed by atoms with E-state index in [1.54, 1.807) is 24.3 Å². The molecule has 26 heavy (non-hydrogen) atoms. The third-order valence-electron chi connectivity index (χ3n) is 4.12. The Labute approximate surface area is 154 Å². The van der Waals surface area contributed by atoms with Gasteiger partial charge in [-0.2, -0.15) is 5.26 Å². The summed E-state index contributed by atoms with van der Waals surface area (Å²) in [6.07, 6.45) is 0.144. The number of hydrogen-bond donors (Lipinski definition) is 1. The molecule has 0 saturated heterocycles. The van der Waals surface area contributed by atoms with E-state index in [0.717, 1.165) is 5.69 Å². The van der Waals surface area contributed by atoms with Crippen molar-refractivity contribution in [3.05, 3.63) is 59.7 Å². The summed E-state index contributed by atoms with van der Waals surface area (Å²) in [5.41, 5.74) is 2.87. The first-order valence-electron chi connectivity index (χ1n) is 8.59. The number of hydrogen-bond acceptors (Lipinski definition) is 3. The first-order chi connectivity index (χ1) is 12.4. The molecule has 0 radical (unpaired) electrons. The van der Waals surface area contributed by atoms with Crippen LogP contribution in [0.25, 0.3) is 0 Å². The Hall–Kier alpha value is -3.13. The molecule has 0 bridgehead atoms. The highest BCUT2D eigenvalue weighted by molar-refractivity contribution is 5.95. The van der Waals surface area contributed by atoms with E-state index < -0.39 is 0 Å². The normalized spacial score (nSPS) is 10.3. The van der Waals surface area contributed by atoms with Gasteiger partial charge in [0.1, 0.15) is 6.07 Å². The zero-order chi connectivity index (χ0) is 19.1. The number of rotatable bonds is 6. The minimum Gasteiger partial charge on any atom is -0.326 e. The number of carbonyl (C=O) groups is 2. The Kier molecular flexibility index (Phi) is 6.51. The zero-order valence-corrected chi connectivity index (χ0v) is 15.3. The van der Waals surface area contributed by atoms with Gasteiger partial charge in [-0.05, 0) is 35.7 Å². The van der Waals surface area contributed by atoms with Crippen molar-refractivity contribution >= 4 is 23.2 Å². The highest BCUT2D eigenvalue weighted by Crippen LogP contribution is 2.21. The number of para-hydroxylation sites is 1. The summed E-state index contributed by atoms with van der Waals surface area (Å²) < 4.78 is 0. The zero-order valence-electron chi connectivity index (χ0n) is 15.3. The van der Waals surface area contributed by atoms with Gasteiger partial charge in [0.25, 0.3) is 0 Å². The molecule has 2 amide bonds. The van der Waals surface area contributed by atoms with Crippen LogP contribution in [0.1, 0.15) is 44.2 Å². The molecule has 1 N–H and O–H groups in total. The van der Waals surface area contributed by atoms with E-state index >= 15 is 0 Å². The van der Waals surface area contributed by atoms with Crippen molar-refractivity contribution in [3.63, 3.8) is 0 Å². The monoisotopic (exact) mass is 349 g/mol. The van der Waals surface area contributed by atoms with Crippen molar-refractivity contribution < 1.29 is 9.59 Å². The topological polar surface area (TPSA) is 73.2 Å². The SMILES string of the molecule is CC(=O)N(CCC(=O)Nc1ccc(C(C)C)cc1)c1ccccc1C#N. The molecule has 0 aliphatic heterocycles. The average Bonchev–Trinajstić information content (AvgIpc) is 2.62. The minimum atomic E-state index is -0.207. The molecular weight excluding hydrogens is 326 g/mol. The van der Waals surface area contributed by atoms with Crippen LogP contribution in [0.5, 0.6) is 0 Å². The highest BCUT2D eigenvalue weighted by Gasteiger charge is 2.16. The fraction of sp³-hybridized carbons (Fsp3) is 0.286. The van der Waals surface area contributed by atoms with Crippen LogP contribution in [0.4, 0.5) is 11.4 Å². The Bertz CT molecular complexity index is 820. The van der Waals surface area contributed by atoms with E-state index in [4.69, 9.17) is 0 Å². The summed E-state index contributed by atoms with van der Waals surface area (Å²) in [5.74, 6) is 0.0499. The van der Waals surface area contributed by atoms with Crippen LogP contribution in [0.3, 0.4) is 0 Å². The molecule has 0 unspecified atom stereocenters. The van der Waals surface area contributed by atoms with E-state index in [1.165, 1.54) is 17.4 Å². The van der Waals surface area contributed by atoms with Crippen LogP contribution in [-0.4, -0.2) is 18.4 Å². The number of benzene rings is 2. The molecule has 2 rings (SSSR count). The van der Waals surface area contributed by atoms with Gasteiger partial charge in [0.05, 0.1) is 11.3 Å². The van der Waals surface area contributed by atoms with Crippen molar-refractivity contribution in [2.45, 2.75) is 33.1 Å². The van der Waals surface area contributed by atoms with Gasteiger partial charge in [-0.15, -0.1) is 0 Å². The smallest absolute Gasteiger partial charge is 0.226 e. The quantitative estimate of drug-likeness (QED) is 0.854. The highest BCUT2D eigenvalue weighted by atomic mass is 16.2. The molecule has 0 spiro atoms. The summed E-state index contributed by atoms with van der Waals surface area (Å²) in [6, 6.07) is 16.7. The second-order valence-electron chi connectivity index (χ2n) is 6.37. The lowest BCUT2D eigenvalue weighted by Gasteiger charge is -2.22. The average molecular weight is 349 g/mol. The number of carbonyl (C=O) groups excluding carboxylic acids is 2. The van der Waals surface area contributed by atoms with Gasteiger partial charge in [0, 0.05) is 25.6 Å². The van der Waals surface area contributed by atoms with Crippen LogP contribution in [-0.2, 0) is 9.59 Å². The minimum absolute atomic E-state index is 0.144. The Morgan fingerprint density at radius 2 is 1.77 bits per heavy atom. The maximum atomic E-state index is 12.2. The molecule has 0 atom stereocenters. The lowest BCUT2D eigenvalue weighted by Crippen LogP contribution is -2.32. The number of nitrogens with one attached hydrogen (secondary N) is 1. The molecular formula is C21H23N3O2. The molecule has 0 fully saturated rings. The van der Waals surface area contributed by atoms with Gasteiger partial charge >= 0.3 is 0 Å². The van der Waals surface area contributed by atoms with E-state index in [9.17, 15) is 14.9 Å². The lowest BCUT2D eigenvalue weighted by molar-refractivity contribution is -0.117. The molecule has 134 valence electrons. The Morgan fingerprint density at radius 1 is 1.12 bits per heavy atom. The molecule has 5 heteroatoms. The van der Waals surface area contributed by atoms with Gasteiger partial charge in [-0.25, -0.2) is 0 Å². The molecule has 0 saturated carbocycles. The van der Waals surface area contributed by atoms with Crippen LogP contribution in [0, 0.1) is 11.3 Å². The van der Waals surface area contributed by atoms with Gasteiger partial charge in [-0.1, -0.05) is 38.1 Å². The van der Waals surface area contributed by atoms with Crippen molar-refractivity contribution in [1.82, 2.24) is 0 Å². The van der Waals surface area contributed by atoms with E-state index in [2.05, 4.69) is 25.2 Å². The third-order valence-corrected chi connectivity index (χ3v) is 4.12. The fourth-order valence-corrected chi connectivity index (χ4v) is 2.64.